The van der Waals surface area contributed by atoms with Crippen molar-refractivity contribution >= 4 is 18.0 Å². The minimum Gasteiger partial charge on any atom is -0.508 e. The second kappa shape index (κ2) is 11.0. The SMILES string of the molecule is CC(=O)Oc1ccc(C(O)C=Cc2ccc(O)cc2OC(C)=O)c(OCc2ccccc2)c1. The van der Waals surface area contributed by atoms with Gasteiger partial charge in [-0.25, -0.2) is 0 Å². The van der Waals surface area contributed by atoms with E-state index in [1.54, 1.807) is 30.3 Å². The van der Waals surface area contributed by atoms with Crippen LogP contribution in [0.4, 0.5) is 0 Å². The van der Waals surface area contributed by atoms with Gasteiger partial charge in [0.15, 0.2) is 0 Å². The molecule has 0 aliphatic rings. The van der Waals surface area contributed by atoms with Crippen molar-refractivity contribution in [2.75, 3.05) is 0 Å². The van der Waals surface area contributed by atoms with Crippen molar-refractivity contribution in [2.24, 2.45) is 0 Å². The molecule has 0 amide bonds. The Kier molecular flexibility index (Phi) is 7.83. The molecule has 3 aromatic carbocycles. The number of aliphatic hydroxyl groups is 1. The molecule has 1 atom stereocenters. The van der Waals surface area contributed by atoms with Gasteiger partial charge in [-0.3, -0.25) is 9.59 Å². The van der Waals surface area contributed by atoms with Crippen molar-refractivity contribution in [3.63, 3.8) is 0 Å². The molecule has 0 heterocycles. The number of rotatable bonds is 8. The van der Waals surface area contributed by atoms with Gasteiger partial charge in [0.1, 0.15) is 35.7 Å². The number of benzene rings is 3. The number of hydrogen-bond acceptors (Lipinski definition) is 7. The molecule has 2 N–H and O–H groups in total. The van der Waals surface area contributed by atoms with Gasteiger partial charge in [-0.2, -0.15) is 0 Å². The van der Waals surface area contributed by atoms with Gasteiger partial charge >= 0.3 is 11.9 Å². The predicted molar refractivity (Wildman–Crippen MR) is 122 cm³/mol. The van der Waals surface area contributed by atoms with Gasteiger partial charge in [0.25, 0.3) is 0 Å². The first-order chi connectivity index (χ1) is 15.8. The van der Waals surface area contributed by atoms with Crippen LogP contribution >= 0.6 is 0 Å². The van der Waals surface area contributed by atoms with Crippen molar-refractivity contribution in [2.45, 2.75) is 26.6 Å². The smallest absolute Gasteiger partial charge is 0.308 e. The number of phenolic OH excluding ortho intramolecular Hbond substituents is 1. The first kappa shape index (κ1) is 23.6. The fourth-order valence-electron chi connectivity index (χ4n) is 3.05. The van der Waals surface area contributed by atoms with Crippen LogP contribution in [0.5, 0.6) is 23.0 Å². The van der Waals surface area contributed by atoms with E-state index in [-0.39, 0.29) is 18.1 Å². The summed E-state index contributed by atoms with van der Waals surface area (Å²) in [6.45, 7) is 2.81. The summed E-state index contributed by atoms with van der Waals surface area (Å²) >= 11 is 0. The van der Waals surface area contributed by atoms with Crippen molar-refractivity contribution in [3.05, 3.63) is 89.5 Å². The third-order valence-electron chi connectivity index (χ3n) is 4.51. The Morgan fingerprint density at radius 3 is 2.33 bits per heavy atom. The van der Waals surface area contributed by atoms with Crippen molar-refractivity contribution in [1.82, 2.24) is 0 Å². The first-order valence-electron chi connectivity index (χ1n) is 10.2. The molecule has 7 nitrogen and oxygen atoms in total. The van der Waals surface area contributed by atoms with Crippen LogP contribution < -0.4 is 14.2 Å². The highest BCUT2D eigenvalue weighted by atomic mass is 16.5. The van der Waals surface area contributed by atoms with E-state index in [0.717, 1.165) is 5.56 Å². The monoisotopic (exact) mass is 448 g/mol. The van der Waals surface area contributed by atoms with Gasteiger partial charge in [0.05, 0.1) is 0 Å². The summed E-state index contributed by atoms with van der Waals surface area (Å²) in [5.74, 6) is -0.254. The normalized spacial score (nSPS) is 11.7. The second-order valence-electron chi connectivity index (χ2n) is 7.19. The van der Waals surface area contributed by atoms with E-state index in [2.05, 4.69) is 0 Å². The topological polar surface area (TPSA) is 102 Å². The van der Waals surface area contributed by atoms with E-state index in [0.29, 0.717) is 22.6 Å². The van der Waals surface area contributed by atoms with Crippen molar-refractivity contribution < 1.29 is 34.0 Å². The molecule has 0 bridgehead atoms. The van der Waals surface area contributed by atoms with Gasteiger partial charge in [0, 0.05) is 37.1 Å². The van der Waals surface area contributed by atoms with E-state index in [9.17, 15) is 19.8 Å². The second-order valence-corrected chi connectivity index (χ2v) is 7.19. The number of aromatic hydroxyl groups is 1. The quantitative estimate of drug-likeness (QED) is 0.384. The summed E-state index contributed by atoms with van der Waals surface area (Å²) in [7, 11) is 0. The molecule has 0 saturated heterocycles. The lowest BCUT2D eigenvalue weighted by atomic mass is 10.1. The summed E-state index contributed by atoms with van der Waals surface area (Å²) in [6, 6.07) is 18.5. The fourth-order valence-corrected chi connectivity index (χ4v) is 3.05. The number of aliphatic hydroxyl groups excluding tert-OH is 1. The van der Waals surface area contributed by atoms with Crippen LogP contribution in [0.25, 0.3) is 6.08 Å². The molecule has 33 heavy (non-hydrogen) atoms. The van der Waals surface area contributed by atoms with Crippen LogP contribution in [0.15, 0.2) is 72.8 Å². The van der Waals surface area contributed by atoms with Gasteiger partial charge in [-0.05, 0) is 29.8 Å². The Hall–Kier alpha value is -4.10. The molecule has 0 aromatic heterocycles. The van der Waals surface area contributed by atoms with Gasteiger partial charge < -0.3 is 24.4 Å². The van der Waals surface area contributed by atoms with Crippen LogP contribution in [0.2, 0.25) is 0 Å². The van der Waals surface area contributed by atoms with E-state index >= 15 is 0 Å². The number of phenols is 1. The predicted octanol–water partition coefficient (Wildman–Crippen LogP) is 4.57. The molecule has 3 aromatic rings. The maximum atomic E-state index is 11.3. The molecular weight excluding hydrogens is 424 g/mol. The summed E-state index contributed by atoms with van der Waals surface area (Å²) in [6.07, 6.45) is 1.99. The average molecular weight is 448 g/mol. The molecule has 0 fully saturated rings. The van der Waals surface area contributed by atoms with E-state index in [4.69, 9.17) is 14.2 Å². The molecule has 7 heteroatoms. The van der Waals surface area contributed by atoms with Crippen LogP contribution in [-0.2, 0) is 16.2 Å². The molecule has 0 saturated carbocycles. The van der Waals surface area contributed by atoms with E-state index in [1.807, 2.05) is 30.3 Å². The molecule has 3 rings (SSSR count). The molecule has 0 aliphatic carbocycles. The lowest BCUT2D eigenvalue weighted by Crippen LogP contribution is -2.05. The van der Waals surface area contributed by atoms with E-state index < -0.39 is 18.0 Å². The first-order valence-corrected chi connectivity index (χ1v) is 10.2. The van der Waals surface area contributed by atoms with Gasteiger partial charge in [0.2, 0.25) is 0 Å². The zero-order valence-corrected chi connectivity index (χ0v) is 18.2. The minimum absolute atomic E-state index is 0.0541. The zero-order chi connectivity index (χ0) is 23.8. The molecule has 170 valence electrons. The largest absolute Gasteiger partial charge is 0.508 e. The third-order valence-corrected chi connectivity index (χ3v) is 4.51. The number of hydrogen-bond donors (Lipinski definition) is 2. The standard InChI is InChI=1S/C26H24O7/c1-17(27)32-22-11-12-23(26(15-22)31-16-19-6-4-3-5-7-19)24(30)13-9-20-8-10-21(29)14-25(20)33-18(2)28/h3-15,24,29-30H,16H2,1-2H3. The molecule has 0 radical (unpaired) electrons. The number of ether oxygens (including phenoxy) is 3. The Labute approximate surface area is 191 Å². The van der Waals surface area contributed by atoms with Crippen LogP contribution in [0, 0.1) is 0 Å². The lowest BCUT2D eigenvalue weighted by molar-refractivity contribution is -0.132. The van der Waals surface area contributed by atoms with Crippen LogP contribution in [0.1, 0.15) is 36.6 Å². The summed E-state index contributed by atoms with van der Waals surface area (Å²) in [5, 5.41) is 20.5. The highest BCUT2D eigenvalue weighted by molar-refractivity contribution is 5.72. The van der Waals surface area contributed by atoms with Crippen LogP contribution in [0.3, 0.4) is 0 Å². The van der Waals surface area contributed by atoms with Crippen molar-refractivity contribution in [3.8, 4) is 23.0 Å². The summed E-state index contributed by atoms with van der Waals surface area (Å²) < 4.78 is 16.2. The Bertz CT molecular complexity index is 1150. The molecule has 0 spiro atoms. The van der Waals surface area contributed by atoms with Gasteiger partial charge in [-0.15, -0.1) is 0 Å². The maximum Gasteiger partial charge on any atom is 0.308 e. The lowest BCUT2D eigenvalue weighted by Gasteiger charge is -2.16. The Balaban J connectivity index is 1.87. The Morgan fingerprint density at radius 1 is 0.909 bits per heavy atom. The minimum atomic E-state index is -1.08. The number of carbonyl (C=O) groups is 2. The zero-order valence-electron chi connectivity index (χ0n) is 18.2. The fraction of sp³-hybridized carbons (Fsp3) is 0.154. The molecule has 1 unspecified atom stereocenters. The van der Waals surface area contributed by atoms with Crippen molar-refractivity contribution in [1.29, 1.82) is 0 Å². The highest BCUT2D eigenvalue weighted by Gasteiger charge is 2.15. The number of esters is 2. The molecular formula is C26H24O7. The highest BCUT2D eigenvalue weighted by Crippen LogP contribution is 2.33. The van der Waals surface area contributed by atoms with E-state index in [1.165, 1.54) is 32.1 Å². The average Bonchev–Trinajstić information content (AvgIpc) is 2.77. The number of carbonyl (C=O) groups excluding carboxylic acids is 2. The van der Waals surface area contributed by atoms with Crippen LogP contribution in [-0.4, -0.2) is 22.2 Å². The Morgan fingerprint density at radius 2 is 1.64 bits per heavy atom. The maximum absolute atomic E-state index is 11.3. The molecule has 0 aliphatic heterocycles. The summed E-state index contributed by atoms with van der Waals surface area (Å²) in [4.78, 5) is 22.7. The third kappa shape index (κ3) is 6.95. The van der Waals surface area contributed by atoms with Gasteiger partial charge in [-0.1, -0.05) is 42.5 Å². The summed E-state index contributed by atoms with van der Waals surface area (Å²) in [5.41, 5.74) is 1.87.